The van der Waals surface area contributed by atoms with Crippen LogP contribution in [0.3, 0.4) is 0 Å². The lowest BCUT2D eigenvalue weighted by Gasteiger charge is -2.31. The molecular weight excluding hydrogens is 138 g/mol. The van der Waals surface area contributed by atoms with E-state index in [4.69, 9.17) is 10.00 Å². The van der Waals surface area contributed by atoms with Gasteiger partial charge >= 0.3 is 0 Å². The van der Waals surface area contributed by atoms with Crippen LogP contribution in [0.2, 0.25) is 0 Å². The number of nitrogens with zero attached hydrogens (tertiary/aromatic N) is 1. The molecule has 0 aliphatic heterocycles. The summed E-state index contributed by atoms with van der Waals surface area (Å²) in [5.74, 6) is 0.753. The molecule has 1 aliphatic carbocycles. The summed E-state index contributed by atoms with van der Waals surface area (Å²) in [6, 6.07) is 2.25. The molecule has 0 N–H and O–H groups in total. The van der Waals surface area contributed by atoms with Crippen LogP contribution >= 0.6 is 0 Å². The number of hydrogen-bond acceptors (Lipinski definition) is 2. The smallest absolute Gasteiger partial charge is 0.0733 e. The molecule has 2 heteroatoms. The maximum Gasteiger partial charge on any atom is 0.0733 e. The highest BCUT2D eigenvalue weighted by Gasteiger charge is 2.31. The van der Waals surface area contributed by atoms with Crippen molar-refractivity contribution in [2.24, 2.45) is 11.8 Å². The van der Waals surface area contributed by atoms with Gasteiger partial charge in [0.05, 0.1) is 18.1 Å². The van der Waals surface area contributed by atoms with Crippen molar-refractivity contribution >= 4 is 0 Å². The third kappa shape index (κ3) is 2.20. The molecule has 11 heavy (non-hydrogen) atoms. The van der Waals surface area contributed by atoms with Gasteiger partial charge in [-0.3, -0.25) is 0 Å². The molecule has 0 amide bonds. The van der Waals surface area contributed by atoms with Crippen LogP contribution in [-0.2, 0) is 4.74 Å². The van der Waals surface area contributed by atoms with Crippen LogP contribution < -0.4 is 0 Å². The van der Waals surface area contributed by atoms with Crippen LogP contribution in [0.5, 0.6) is 0 Å². The van der Waals surface area contributed by atoms with Gasteiger partial charge in [-0.15, -0.1) is 0 Å². The van der Waals surface area contributed by atoms with Gasteiger partial charge in [0.1, 0.15) is 0 Å². The van der Waals surface area contributed by atoms with Crippen LogP contribution in [0.1, 0.15) is 26.7 Å². The highest BCUT2D eigenvalue weighted by atomic mass is 16.5. The fourth-order valence-corrected chi connectivity index (χ4v) is 1.13. The van der Waals surface area contributed by atoms with E-state index in [0.717, 1.165) is 19.4 Å². The first-order chi connectivity index (χ1) is 5.24. The van der Waals surface area contributed by atoms with E-state index in [1.165, 1.54) is 0 Å². The molecule has 2 nitrogen and oxygen atoms in total. The minimum absolute atomic E-state index is 0.175. The van der Waals surface area contributed by atoms with Crippen molar-refractivity contribution in [3.05, 3.63) is 0 Å². The van der Waals surface area contributed by atoms with E-state index in [0.29, 0.717) is 5.92 Å². The molecule has 1 rings (SSSR count). The van der Waals surface area contributed by atoms with Gasteiger partial charge in [0.15, 0.2) is 0 Å². The largest absolute Gasteiger partial charge is 0.377 e. The van der Waals surface area contributed by atoms with E-state index in [1.54, 1.807) is 0 Å². The van der Waals surface area contributed by atoms with E-state index in [1.807, 2.05) is 0 Å². The molecule has 0 aromatic rings. The number of hydrogen-bond donors (Lipinski definition) is 0. The Labute approximate surface area is 68.2 Å². The van der Waals surface area contributed by atoms with Crippen molar-refractivity contribution < 1.29 is 4.74 Å². The van der Waals surface area contributed by atoms with E-state index in [-0.39, 0.29) is 12.0 Å². The third-order valence-electron chi connectivity index (χ3n) is 2.02. The van der Waals surface area contributed by atoms with Crippen LogP contribution in [0.15, 0.2) is 0 Å². The fourth-order valence-electron chi connectivity index (χ4n) is 1.13. The van der Waals surface area contributed by atoms with Gasteiger partial charge in [-0.25, -0.2) is 0 Å². The Kier molecular flexibility index (Phi) is 2.90. The lowest BCUT2D eigenvalue weighted by atomic mass is 9.83. The van der Waals surface area contributed by atoms with Gasteiger partial charge in [-0.1, -0.05) is 13.8 Å². The van der Waals surface area contributed by atoms with E-state index in [2.05, 4.69) is 19.9 Å². The second kappa shape index (κ2) is 3.73. The van der Waals surface area contributed by atoms with Crippen LogP contribution in [-0.4, -0.2) is 12.7 Å². The Morgan fingerprint density at radius 3 is 2.64 bits per heavy atom. The van der Waals surface area contributed by atoms with Gasteiger partial charge < -0.3 is 4.74 Å². The van der Waals surface area contributed by atoms with Crippen molar-refractivity contribution in [2.75, 3.05) is 6.61 Å². The Morgan fingerprint density at radius 1 is 1.55 bits per heavy atom. The minimum atomic E-state index is 0.175. The molecule has 0 spiro atoms. The zero-order valence-electron chi connectivity index (χ0n) is 7.21. The molecule has 1 fully saturated rings. The molecule has 1 saturated carbocycles. The average Bonchev–Trinajstić information content (AvgIpc) is 1.86. The summed E-state index contributed by atoms with van der Waals surface area (Å²) in [7, 11) is 0. The zero-order valence-corrected chi connectivity index (χ0v) is 7.21. The Bertz CT molecular complexity index is 159. The summed E-state index contributed by atoms with van der Waals surface area (Å²) in [5, 5.41) is 8.59. The van der Waals surface area contributed by atoms with Crippen LogP contribution in [0.4, 0.5) is 0 Å². The normalized spacial score (nSPS) is 29.6. The predicted octanol–water partition coefficient (Wildman–Crippen LogP) is 1.96. The molecule has 0 heterocycles. The quantitative estimate of drug-likeness (QED) is 0.621. The van der Waals surface area contributed by atoms with Gasteiger partial charge in [0, 0.05) is 6.61 Å². The maximum atomic E-state index is 8.59. The SMILES string of the molecule is CC(C)COC1CC[C@@H]1C#N. The second-order valence-corrected chi connectivity index (χ2v) is 3.58. The standard InChI is InChI=1S/C9H15NO/c1-7(2)6-11-9-4-3-8(9)5-10/h7-9H,3-4,6H2,1-2H3/t8-,9?/m1/s1. The van der Waals surface area contributed by atoms with E-state index in [9.17, 15) is 0 Å². The first-order valence-electron chi connectivity index (χ1n) is 4.25. The third-order valence-corrected chi connectivity index (χ3v) is 2.02. The first kappa shape index (κ1) is 8.55. The predicted molar refractivity (Wildman–Crippen MR) is 42.9 cm³/mol. The summed E-state index contributed by atoms with van der Waals surface area (Å²) in [5.41, 5.74) is 0. The summed E-state index contributed by atoms with van der Waals surface area (Å²) in [6.07, 6.45) is 2.34. The highest BCUT2D eigenvalue weighted by molar-refractivity contribution is 4.96. The molecule has 2 atom stereocenters. The lowest BCUT2D eigenvalue weighted by molar-refractivity contribution is -0.0369. The molecular formula is C9H15NO. The monoisotopic (exact) mass is 153 g/mol. The van der Waals surface area contributed by atoms with Crippen LogP contribution in [0.25, 0.3) is 0 Å². The molecule has 1 unspecified atom stereocenters. The van der Waals surface area contributed by atoms with Gasteiger partial charge in [-0.2, -0.15) is 5.26 Å². The Morgan fingerprint density at radius 2 is 2.27 bits per heavy atom. The van der Waals surface area contributed by atoms with Gasteiger partial charge in [-0.05, 0) is 18.8 Å². The van der Waals surface area contributed by atoms with Crippen molar-refractivity contribution in [2.45, 2.75) is 32.8 Å². The molecule has 0 bridgehead atoms. The lowest BCUT2D eigenvalue weighted by Crippen LogP contribution is -2.33. The first-order valence-corrected chi connectivity index (χ1v) is 4.25. The average molecular weight is 153 g/mol. The molecule has 0 saturated heterocycles. The molecule has 0 radical (unpaired) electrons. The van der Waals surface area contributed by atoms with Crippen LogP contribution in [0, 0.1) is 23.2 Å². The number of nitriles is 1. The zero-order chi connectivity index (χ0) is 8.27. The fraction of sp³-hybridized carbons (Fsp3) is 0.889. The molecule has 62 valence electrons. The minimum Gasteiger partial charge on any atom is -0.377 e. The number of rotatable bonds is 3. The second-order valence-electron chi connectivity index (χ2n) is 3.58. The summed E-state index contributed by atoms with van der Waals surface area (Å²) >= 11 is 0. The Balaban J connectivity index is 2.14. The molecule has 0 aromatic carbocycles. The summed E-state index contributed by atoms with van der Waals surface area (Å²) in [4.78, 5) is 0. The van der Waals surface area contributed by atoms with Crippen molar-refractivity contribution in [3.63, 3.8) is 0 Å². The number of ether oxygens (including phenoxy) is 1. The van der Waals surface area contributed by atoms with E-state index >= 15 is 0 Å². The molecule has 0 aromatic heterocycles. The topological polar surface area (TPSA) is 33.0 Å². The molecule has 1 aliphatic rings. The Hall–Kier alpha value is -0.550. The van der Waals surface area contributed by atoms with Crippen molar-refractivity contribution in [3.8, 4) is 6.07 Å². The van der Waals surface area contributed by atoms with Gasteiger partial charge in [0.25, 0.3) is 0 Å². The maximum absolute atomic E-state index is 8.59. The van der Waals surface area contributed by atoms with E-state index < -0.39 is 0 Å². The summed E-state index contributed by atoms with van der Waals surface area (Å²) < 4.78 is 5.52. The van der Waals surface area contributed by atoms with Gasteiger partial charge in [0.2, 0.25) is 0 Å². The highest BCUT2D eigenvalue weighted by Crippen LogP contribution is 2.29. The van der Waals surface area contributed by atoms with Crippen molar-refractivity contribution in [1.82, 2.24) is 0 Å². The van der Waals surface area contributed by atoms with Crippen molar-refractivity contribution in [1.29, 1.82) is 5.26 Å². The summed E-state index contributed by atoms with van der Waals surface area (Å²) in [6.45, 7) is 5.04.